The summed E-state index contributed by atoms with van der Waals surface area (Å²) in [7, 11) is 0. The summed E-state index contributed by atoms with van der Waals surface area (Å²) in [4.78, 5) is 13.4. The number of carbonyl (C=O) groups is 1. The molecule has 1 aromatic carbocycles. The fourth-order valence-corrected chi connectivity index (χ4v) is 1.95. The van der Waals surface area contributed by atoms with Crippen LogP contribution in [0.4, 0.5) is 8.78 Å². The molecule has 6 heteroatoms. The SMILES string of the molecule is Cl.NC1CCN(C(=O)Cc2ccc(F)cc2F)C1. The van der Waals surface area contributed by atoms with Gasteiger partial charge in [-0.15, -0.1) is 12.4 Å². The van der Waals surface area contributed by atoms with E-state index in [0.717, 1.165) is 18.6 Å². The summed E-state index contributed by atoms with van der Waals surface area (Å²) in [5, 5.41) is 0. The van der Waals surface area contributed by atoms with Crippen molar-refractivity contribution < 1.29 is 13.6 Å². The number of carbonyl (C=O) groups excluding carboxylic acids is 1. The summed E-state index contributed by atoms with van der Waals surface area (Å²) in [5.41, 5.74) is 5.91. The number of likely N-dealkylation sites (tertiary alicyclic amines) is 1. The highest BCUT2D eigenvalue weighted by atomic mass is 35.5. The van der Waals surface area contributed by atoms with Crippen LogP contribution in [0.3, 0.4) is 0 Å². The van der Waals surface area contributed by atoms with E-state index in [-0.39, 0.29) is 36.3 Å². The minimum absolute atomic E-state index is 0. The van der Waals surface area contributed by atoms with Gasteiger partial charge < -0.3 is 10.6 Å². The van der Waals surface area contributed by atoms with Crippen molar-refractivity contribution in [3.05, 3.63) is 35.4 Å². The van der Waals surface area contributed by atoms with Gasteiger partial charge in [-0.3, -0.25) is 4.79 Å². The summed E-state index contributed by atoms with van der Waals surface area (Å²) in [5.74, 6) is -1.48. The molecule has 1 aliphatic heterocycles. The molecule has 1 aromatic rings. The van der Waals surface area contributed by atoms with Crippen molar-refractivity contribution in [2.75, 3.05) is 13.1 Å². The third-order valence-electron chi connectivity index (χ3n) is 2.93. The summed E-state index contributed by atoms with van der Waals surface area (Å²) >= 11 is 0. The van der Waals surface area contributed by atoms with Crippen molar-refractivity contribution in [1.29, 1.82) is 0 Å². The monoisotopic (exact) mass is 276 g/mol. The Hall–Kier alpha value is -1.20. The normalized spacial score (nSPS) is 18.6. The van der Waals surface area contributed by atoms with E-state index in [9.17, 15) is 13.6 Å². The molecule has 0 spiro atoms. The van der Waals surface area contributed by atoms with Crippen molar-refractivity contribution in [3.8, 4) is 0 Å². The van der Waals surface area contributed by atoms with Crippen LogP contribution in [-0.2, 0) is 11.2 Å². The molecule has 1 aliphatic rings. The molecule has 100 valence electrons. The van der Waals surface area contributed by atoms with Gasteiger partial charge in [0.2, 0.25) is 5.91 Å². The maximum absolute atomic E-state index is 13.3. The van der Waals surface area contributed by atoms with E-state index >= 15 is 0 Å². The molecule has 1 amide bonds. The van der Waals surface area contributed by atoms with E-state index in [2.05, 4.69) is 0 Å². The van der Waals surface area contributed by atoms with Crippen LogP contribution in [0.25, 0.3) is 0 Å². The molecule has 0 saturated carbocycles. The Kier molecular flexibility index (Phi) is 5.04. The minimum atomic E-state index is -0.679. The number of nitrogens with zero attached hydrogens (tertiary/aromatic N) is 1. The lowest BCUT2D eigenvalue weighted by atomic mass is 10.1. The van der Waals surface area contributed by atoms with Gasteiger partial charge in [-0.2, -0.15) is 0 Å². The van der Waals surface area contributed by atoms with Crippen LogP contribution in [0.2, 0.25) is 0 Å². The molecule has 0 aliphatic carbocycles. The fourth-order valence-electron chi connectivity index (χ4n) is 1.95. The van der Waals surface area contributed by atoms with Crippen LogP contribution in [0.5, 0.6) is 0 Å². The van der Waals surface area contributed by atoms with Crippen molar-refractivity contribution in [1.82, 2.24) is 4.90 Å². The second kappa shape index (κ2) is 6.11. The Morgan fingerprint density at radius 1 is 1.44 bits per heavy atom. The van der Waals surface area contributed by atoms with Gasteiger partial charge in [-0.1, -0.05) is 6.07 Å². The van der Waals surface area contributed by atoms with Crippen LogP contribution in [0, 0.1) is 11.6 Å². The number of hydrogen-bond acceptors (Lipinski definition) is 2. The third kappa shape index (κ3) is 3.40. The van der Waals surface area contributed by atoms with Gasteiger partial charge in [0.1, 0.15) is 11.6 Å². The van der Waals surface area contributed by atoms with Gasteiger partial charge in [0.05, 0.1) is 6.42 Å². The minimum Gasteiger partial charge on any atom is -0.341 e. The molecule has 0 bridgehead atoms. The Bertz CT molecular complexity index is 442. The van der Waals surface area contributed by atoms with E-state index in [0.29, 0.717) is 13.1 Å². The van der Waals surface area contributed by atoms with Gasteiger partial charge in [0, 0.05) is 25.2 Å². The molecule has 1 atom stereocenters. The highest BCUT2D eigenvalue weighted by molar-refractivity contribution is 5.85. The van der Waals surface area contributed by atoms with Gasteiger partial charge in [0.25, 0.3) is 0 Å². The standard InChI is InChI=1S/C12H14F2N2O.ClH/c13-9-2-1-8(11(14)6-9)5-12(17)16-4-3-10(15)7-16;/h1-2,6,10H,3-5,7,15H2;1H. The van der Waals surface area contributed by atoms with Crippen LogP contribution in [-0.4, -0.2) is 29.9 Å². The number of hydrogen-bond donors (Lipinski definition) is 1. The van der Waals surface area contributed by atoms with E-state index in [1.807, 2.05) is 0 Å². The lowest BCUT2D eigenvalue weighted by molar-refractivity contribution is -0.129. The first-order chi connectivity index (χ1) is 8.06. The zero-order chi connectivity index (χ0) is 12.4. The molecular formula is C12H15ClF2N2O. The summed E-state index contributed by atoms with van der Waals surface area (Å²) in [6.45, 7) is 1.13. The summed E-state index contributed by atoms with van der Waals surface area (Å²) in [6.07, 6.45) is 0.733. The first-order valence-electron chi connectivity index (χ1n) is 5.53. The number of nitrogens with two attached hydrogens (primary N) is 1. The highest BCUT2D eigenvalue weighted by Crippen LogP contribution is 2.14. The summed E-state index contributed by atoms with van der Waals surface area (Å²) in [6, 6.07) is 3.26. The highest BCUT2D eigenvalue weighted by Gasteiger charge is 2.24. The fraction of sp³-hybridized carbons (Fsp3) is 0.417. The molecule has 3 nitrogen and oxygen atoms in total. The van der Waals surface area contributed by atoms with Crippen molar-refractivity contribution in [2.45, 2.75) is 18.9 Å². The third-order valence-corrected chi connectivity index (χ3v) is 2.93. The van der Waals surface area contributed by atoms with Gasteiger partial charge in [-0.05, 0) is 18.1 Å². The maximum Gasteiger partial charge on any atom is 0.227 e. The molecule has 2 rings (SSSR count). The van der Waals surface area contributed by atoms with Crippen LogP contribution in [0.15, 0.2) is 18.2 Å². The lowest BCUT2D eigenvalue weighted by Gasteiger charge is -2.15. The Labute approximate surface area is 110 Å². The van der Waals surface area contributed by atoms with Gasteiger partial charge >= 0.3 is 0 Å². The van der Waals surface area contributed by atoms with E-state index in [4.69, 9.17) is 5.73 Å². The number of benzene rings is 1. The molecule has 1 fully saturated rings. The Balaban J connectivity index is 0.00000162. The molecule has 1 unspecified atom stereocenters. The number of amides is 1. The molecule has 0 aromatic heterocycles. The molecule has 1 saturated heterocycles. The average Bonchev–Trinajstić information content (AvgIpc) is 2.69. The summed E-state index contributed by atoms with van der Waals surface area (Å²) < 4.78 is 26.0. The van der Waals surface area contributed by atoms with Crippen molar-refractivity contribution in [2.24, 2.45) is 5.73 Å². The molecule has 0 radical (unpaired) electrons. The Morgan fingerprint density at radius 3 is 2.72 bits per heavy atom. The van der Waals surface area contributed by atoms with Gasteiger partial charge in [0.15, 0.2) is 0 Å². The number of rotatable bonds is 2. The quantitative estimate of drug-likeness (QED) is 0.890. The van der Waals surface area contributed by atoms with E-state index in [1.165, 1.54) is 6.07 Å². The van der Waals surface area contributed by atoms with E-state index < -0.39 is 11.6 Å². The maximum atomic E-state index is 13.3. The predicted molar refractivity (Wildman–Crippen MR) is 66.5 cm³/mol. The second-order valence-corrected chi connectivity index (χ2v) is 4.30. The first kappa shape index (κ1) is 14.9. The largest absolute Gasteiger partial charge is 0.341 e. The van der Waals surface area contributed by atoms with Crippen molar-refractivity contribution in [3.63, 3.8) is 0 Å². The molecule has 2 N–H and O–H groups in total. The van der Waals surface area contributed by atoms with Crippen LogP contribution >= 0.6 is 12.4 Å². The van der Waals surface area contributed by atoms with Crippen LogP contribution in [0.1, 0.15) is 12.0 Å². The van der Waals surface area contributed by atoms with Gasteiger partial charge in [-0.25, -0.2) is 8.78 Å². The topological polar surface area (TPSA) is 46.3 Å². The smallest absolute Gasteiger partial charge is 0.227 e. The molecular weight excluding hydrogens is 262 g/mol. The van der Waals surface area contributed by atoms with Crippen LogP contribution < -0.4 is 5.73 Å². The number of halogens is 3. The zero-order valence-corrected chi connectivity index (χ0v) is 10.6. The predicted octanol–water partition coefficient (Wildman–Crippen LogP) is 1.49. The van der Waals surface area contributed by atoms with Crippen molar-refractivity contribution >= 4 is 18.3 Å². The average molecular weight is 277 g/mol. The van der Waals surface area contributed by atoms with E-state index in [1.54, 1.807) is 4.90 Å². The lowest BCUT2D eigenvalue weighted by Crippen LogP contribution is -2.33. The molecule has 1 heterocycles. The Morgan fingerprint density at radius 2 is 2.17 bits per heavy atom. The second-order valence-electron chi connectivity index (χ2n) is 4.30. The first-order valence-corrected chi connectivity index (χ1v) is 5.53. The zero-order valence-electron chi connectivity index (χ0n) is 9.73. The molecule has 18 heavy (non-hydrogen) atoms.